The first-order chi connectivity index (χ1) is 9.08. The zero-order valence-electron chi connectivity index (χ0n) is 11.1. The van der Waals surface area contributed by atoms with E-state index in [1.165, 1.54) is 0 Å². The topological polar surface area (TPSA) is 39.7 Å². The molecule has 0 aliphatic carbocycles. The summed E-state index contributed by atoms with van der Waals surface area (Å²) in [6, 6.07) is 5.59. The zero-order valence-corrected chi connectivity index (χ0v) is 12.6. The number of hydrogen-bond donors (Lipinski definition) is 2. The van der Waals surface area contributed by atoms with Crippen molar-refractivity contribution in [2.75, 3.05) is 33.7 Å². The summed E-state index contributed by atoms with van der Waals surface area (Å²) in [7, 11) is 4.08. The number of guanidine groups is 1. The summed E-state index contributed by atoms with van der Waals surface area (Å²) in [6.07, 6.45) is 0. The van der Waals surface area contributed by atoms with Crippen LogP contribution in [0.5, 0.6) is 0 Å². The van der Waals surface area contributed by atoms with Crippen LogP contribution in [-0.2, 0) is 0 Å². The van der Waals surface area contributed by atoms with Crippen molar-refractivity contribution in [3.05, 3.63) is 33.8 Å². The fourth-order valence-electron chi connectivity index (χ4n) is 1.95. The lowest BCUT2D eigenvalue weighted by molar-refractivity contribution is 0.412. The Hall–Kier alpha value is -0.970. The lowest BCUT2D eigenvalue weighted by Gasteiger charge is -2.16. The second-order valence-corrected chi connectivity index (χ2v) is 5.57. The summed E-state index contributed by atoms with van der Waals surface area (Å²) in [5, 5.41) is 7.93. The van der Waals surface area contributed by atoms with Crippen molar-refractivity contribution >= 4 is 29.2 Å². The molecule has 2 N–H and O–H groups in total. The quantitative estimate of drug-likeness (QED) is 0.895. The molecule has 0 saturated carbocycles. The monoisotopic (exact) mass is 300 g/mol. The molecule has 0 bridgehead atoms. The van der Waals surface area contributed by atoms with Crippen LogP contribution in [-0.4, -0.2) is 44.6 Å². The van der Waals surface area contributed by atoms with Crippen LogP contribution in [0.15, 0.2) is 23.2 Å². The fraction of sp³-hybridized carbons (Fsp3) is 0.462. The van der Waals surface area contributed by atoms with Gasteiger partial charge in [-0.15, -0.1) is 0 Å². The smallest absolute Gasteiger partial charge is 0.191 e. The third kappa shape index (κ3) is 3.75. The van der Waals surface area contributed by atoms with Crippen molar-refractivity contribution < 1.29 is 0 Å². The van der Waals surface area contributed by atoms with Crippen LogP contribution in [0, 0.1) is 0 Å². The van der Waals surface area contributed by atoms with Crippen molar-refractivity contribution in [1.82, 2.24) is 15.5 Å². The van der Waals surface area contributed by atoms with Crippen molar-refractivity contribution in [2.24, 2.45) is 4.99 Å². The second-order valence-electron chi connectivity index (χ2n) is 4.75. The van der Waals surface area contributed by atoms with Gasteiger partial charge in [0.15, 0.2) is 5.96 Å². The van der Waals surface area contributed by atoms with Crippen LogP contribution in [0.3, 0.4) is 0 Å². The van der Waals surface area contributed by atoms with Crippen molar-refractivity contribution in [3.63, 3.8) is 0 Å². The van der Waals surface area contributed by atoms with E-state index in [4.69, 9.17) is 23.2 Å². The van der Waals surface area contributed by atoms with E-state index < -0.39 is 0 Å². The Kier molecular flexibility index (Phi) is 4.91. The van der Waals surface area contributed by atoms with Gasteiger partial charge in [0.25, 0.3) is 0 Å². The lowest BCUT2D eigenvalue weighted by atomic mass is 10.1. The van der Waals surface area contributed by atoms with E-state index in [-0.39, 0.29) is 6.04 Å². The van der Waals surface area contributed by atoms with Gasteiger partial charge in [-0.1, -0.05) is 29.3 Å². The highest BCUT2D eigenvalue weighted by atomic mass is 35.5. The highest BCUT2D eigenvalue weighted by Crippen LogP contribution is 2.31. The molecule has 1 aromatic carbocycles. The van der Waals surface area contributed by atoms with Gasteiger partial charge in [-0.3, -0.25) is 4.99 Å². The maximum atomic E-state index is 6.20. The van der Waals surface area contributed by atoms with Gasteiger partial charge in [-0.05, 0) is 26.2 Å². The number of nitrogens with zero attached hydrogens (tertiary/aromatic N) is 2. The molecule has 1 unspecified atom stereocenters. The van der Waals surface area contributed by atoms with Crippen molar-refractivity contribution in [1.29, 1.82) is 0 Å². The van der Waals surface area contributed by atoms with E-state index in [1.807, 2.05) is 32.3 Å². The molecule has 0 spiro atoms. The van der Waals surface area contributed by atoms with Crippen LogP contribution in [0.1, 0.15) is 11.6 Å². The van der Waals surface area contributed by atoms with Gasteiger partial charge in [0.1, 0.15) is 0 Å². The first kappa shape index (κ1) is 14.4. The molecule has 104 valence electrons. The number of nitrogens with one attached hydrogen (secondary N) is 2. The van der Waals surface area contributed by atoms with Gasteiger partial charge < -0.3 is 15.5 Å². The van der Waals surface area contributed by atoms with E-state index >= 15 is 0 Å². The van der Waals surface area contributed by atoms with Gasteiger partial charge in [0.05, 0.1) is 12.6 Å². The van der Waals surface area contributed by atoms with E-state index in [0.29, 0.717) is 16.6 Å². The van der Waals surface area contributed by atoms with E-state index in [2.05, 4.69) is 20.5 Å². The molecular formula is C13H18Cl2N4. The first-order valence-corrected chi connectivity index (χ1v) is 6.97. The maximum absolute atomic E-state index is 6.20. The number of aliphatic imine (C=N–C) groups is 1. The van der Waals surface area contributed by atoms with Crippen molar-refractivity contribution in [3.8, 4) is 0 Å². The van der Waals surface area contributed by atoms with Gasteiger partial charge in [-0.2, -0.15) is 0 Å². The number of likely N-dealkylation sites (N-methyl/N-ethyl adjacent to an activating group) is 1. The van der Waals surface area contributed by atoms with Crippen LogP contribution in [0.2, 0.25) is 10.0 Å². The Morgan fingerprint density at radius 3 is 2.68 bits per heavy atom. The summed E-state index contributed by atoms with van der Waals surface area (Å²) >= 11 is 12.4. The average molecular weight is 301 g/mol. The molecule has 6 heteroatoms. The Labute approximate surface area is 123 Å². The Bertz CT molecular complexity index is 453. The molecule has 0 saturated heterocycles. The van der Waals surface area contributed by atoms with E-state index in [0.717, 1.165) is 24.6 Å². The highest BCUT2D eigenvalue weighted by molar-refractivity contribution is 6.36. The van der Waals surface area contributed by atoms with Crippen LogP contribution >= 0.6 is 23.2 Å². The summed E-state index contributed by atoms with van der Waals surface area (Å²) < 4.78 is 0. The number of benzene rings is 1. The van der Waals surface area contributed by atoms with Crippen molar-refractivity contribution in [2.45, 2.75) is 6.04 Å². The summed E-state index contributed by atoms with van der Waals surface area (Å²) in [5.41, 5.74) is 0.916. The molecule has 0 fully saturated rings. The number of rotatable bonds is 4. The summed E-state index contributed by atoms with van der Waals surface area (Å²) in [5.74, 6) is 0.808. The Morgan fingerprint density at radius 2 is 2.05 bits per heavy atom. The maximum Gasteiger partial charge on any atom is 0.191 e. The number of hydrogen-bond acceptors (Lipinski definition) is 4. The first-order valence-electron chi connectivity index (χ1n) is 6.21. The average Bonchev–Trinajstić information content (AvgIpc) is 2.77. The molecule has 1 heterocycles. The molecule has 1 aromatic rings. The minimum absolute atomic E-state index is 0.0445. The van der Waals surface area contributed by atoms with Gasteiger partial charge >= 0.3 is 0 Å². The predicted molar refractivity (Wildman–Crippen MR) is 81.2 cm³/mol. The van der Waals surface area contributed by atoms with Gasteiger partial charge in [-0.25, -0.2) is 0 Å². The minimum Gasteiger partial charge on any atom is -0.355 e. The standard InChI is InChI=1S/C13H18Cl2N4/c1-19(2)7-6-16-13-17-8-11(18-13)12-9(14)4-3-5-10(12)15/h3-5,11H,6-8H2,1-2H3,(H2,16,17,18). The largest absolute Gasteiger partial charge is 0.355 e. The lowest BCUT2D eigenvalue weighted by Crippen LogP contribution is -2.38. The predicted octanol–water partition coefficient (Wildman–Crippen LogP) is 2.14. The third-order valence-electron chi connectivity index (χ3n) is 2.94. The minimum atomic E-state index is 0.0445. The third-order valence-corrected chi connectivity index (χ3v) is 3.60. The summed E-state index contributed by atoms with van der Waals surface area (Å²) in [6.45, 7) is 2.45. The zero-order chi connectivity index (χ0) is 13.8. The van der Waals surface area contributed by atoms with Gasteiger partial charge in [0.2, 0.25) is 0 Å². The van der Waals surface area contributed by atoms with E-state index in [1.54, 1.807) is 0 Å². The molecule has 19 heavy (non-hydrogen) atoms. The molecule has 1 aliphatic heterocycles. The molecule has 1 atom stereocenters. The van der Waals surface area contributed by atoms with Crippen LogP contribution in [0.4, 0.5) is 0 Å². The fourth-order valence-corrected chi connectivity index (χ4v) is 2.61. The molecule has 0 aromatic heterocycles. The Balaban J connectivity index is 1.93. The number of halogens is 2. The second kappa shape index (κ2) is 6.46. The molecule has 0 radical (unpaired) electrons. The normalized spacial score (nSPS) is 18.4. The molecule has 4 nitrogen and oxygen atoms in total. The molecule has 2 rings (SSSR count). The van der Waals surface area contributed by atoms with Crippen LogP contribution in [0.25, 0.3) is 0 Å². The molecular weight excluding hydrogens is 283 g/mol. The summed E-state index contributed by atoms with van der Waals surface area (Å²) in [4.78, 5) is 6.55. The molecule has 1 aliphatic rings. The van der Waals surface area contributed by atoms with Crippen LogP contribution < -0.4 is 10.6 Å². The SMILES string of the molecule is CN(C)CCNC1=NCC(c2c(Cl)cccc2Cl)N1. The molecule has 0 amide bonds. The Morgan fingerprint density at radius 1 is 1.37 bits per heavy atom. The highest BCUT2D eigenvalue weighted by Gasteiger charge is 2.23. The van der Waals surface area contributed by atoms with Gasteiger partial charge in [0, 0.05) is 28.7 Å². The van der Waals surface area contributed by atoms with E-state index in [9.17, 15) is 0 Å².